The number of carbonyl (C=O) groups is 3. The van der Waals surface area contributed by atoms with Gasteiger partial charge < -0.3 is 24.6 Å². The minimum absolute atomic E-state index is 0.184. The number of aliphatic carboxylic acids is 3. The molecule has 3 unspecified atom stereocenters. The second-order valence-corrected chi connectivity index (χ2v) is 12.7. The lowest BCUT2D eigenvalue weighted by Gasteiger charge is -2.43. The van der Waals surface area contributed by atoms with Crippen molar-refractivity contribution in [3.63, 3.8) is 0 Å². The Kier molecular flexibility index (Phi) is 23.5. The van der Waals surface area contributed by atoms with Crippen LogP contribution >= 0.6 is 0 Å². The second kappa shape index (κ2) is 24.7. The summed E-state index contributed by atoms with van der Waals surface area (Å²) in [6.45, 7) is 8.25. The van der Waals surface area contributed by atoms with Crippen molar-refractivity contribution in [1.82, 2.24) is 0 Å². The summed E-state index contributed by atoms with van der Waals surface area (Å²) in [5, 5.41) is 30.5. The Hall–Kier alpha value is -1.89. The Morgan fingerprint density at radius 1 is 0.585 bits per heavy atom. The molecule has 0 aliphatic rings. The van der Waals surface area contributed by atoms with Crippen LogP contribution < -0.4 is 5.11 Å². The van der Waals surface area contributed by atoms with Gasteiger partial charge in [0.2, 0.25) is 0 Å². The van der Waals surface area contributed by atoms with E-state index in [4.69, 9.17) is 0 Å². The van der Waals surface area contributed by atoms with Gasteiger partial charge in [0, 0.05) is 11.9 Å². The Balaban J connectivity index is 4.26. The lowest BCUT2D eigenvalue weighted by Crippen LogP contribution is -2.58. The number of carboxylic acids is 3. The first-order valence-corrected chi connectivity index (χ1v) is 16.7. The Bertz CT molecular complexity index is 667. The molecule has 7 nitrogen and oxygen atoms in total. The van der Waals surface area contributed by atoms with Gasteiger partial charge in [-0.3, -0.25) is 9.59 Å². The van der Waals surface area contributed by atoms with Crippen molar-refractivity contribution in [3.8, 4) is 0 Å². The van der Waals surface area contributed by atoms with Crippen molar-refractivity contribution in [2.75, 3.05) is 26.2 Å². The average molecular weight is 582 g/mol. The SMILES string of the molecule is CCCCCCCCC/C=C/CCCCCCCCCCC[N+](CC(C)C(=O)[O-])(CC(C)C(=O)O)CC(C)C(=O)O. The Labute approximate surface area is 251 Å². The molecular weight excluding hydrogens is 518 g/mol. The number of quaternary nitrogens is 1. The molecule has 0 aliphatic heterocycles. The minimum Gasteiger partial charge on any atom is -0.550 e. The molecule has 2 N–H and O–H groups in total. The molecule has 0 amide bonds. The van der Waals surface area contributed by atoms with E-state index in [9.17, 15) is 29.7 Å². The lowest BCUT2D eigenvalue weighted by molar-refractivity contribution is -0.934. The quantitative estimate of drug-likeness (QED) is 0.0547. The highest BCUT2D eigenvalue weighted by Crippen LogP contribution is 2.22. The van der Waals surface area contributed by atoms with Crippen LogP contribution in [0.5, 0.6) is 0 Å². The third kappa shape index (κ3) is 21.5. The van der Waals surface area contributed by atoms with E-state index in [1.165, 1.54) is 89.9 Å². The smallest absolute Gasteiger partial charge is 0.311 e. The number of rotatable bonds is 29. The zero-order valence-electron chi connectivity index (χ0n) is 26.9. The predicted molar refractivity (Wildman–Crippen MR) is 165 cm³/mol. The van der Waals surface area contributed by atoms with Crippen molar-refractivity contribution in [3.05, 3.63) is 12.2 Å². The van der Waals surface area contributed by atoms with E-state index in [0.717, 1.165) is 25.7 Å². The highest BCUT2D eigenvalue weighted by atomic mass is 16.4. The van der Waals surface area contributed by atoms with Crippen molar-refractivity contribution in [2.45, 2.75) is 143 Å². The molecule has 0 saturated carbocycles. The zero-order chi connectivity index (χ0) is 30.9. The van der Waals surface area contributed by atoms with Crippen molar-refractivity contribution in [2.24, 2.45) is 17.8 Å². The summed E-state index contributed by atoms with van der Waals surface area (Å²) in [5.41, 5.74) is 0. The average Bonchev–Trinajstić information content (AvgIpc) is 2.91. The number of carboxylic acid groups (broad SMARTS) is 3. The van der Waals surface area contributed by atoms with E-state index in [1.54, 1.807) is 20.8 Å². The summed E-state index contributed by atoms with van der Waals surface area (Å²) in [6.07, 6.45) is 27.0. The van der Waals surface area contributed by atoms with Crippen LogP contribution in [0.2, 0.25) is 0 Å². The van der Waals surface area contributed by atoms with Gasteiger partial charge in [0.05, 0.1) is 26.2 Å². The monoisotopic (exact) mass is 581 g/mol. The van der Waals surface area contributed by atoms with E-state index < -0.39 is 35.7 Å². The Morgan fingerprint density at radius 3 is 1.29 bits per heavy atom. The van der Waals surface area contributed by atoms with E-state index in [0.29, 0.717) is 6.54 Å². The number of unbranched alkanes of at least 4 members (excludes halogenated alkanes) is 16. The van der Waals surface area contributed by atoms with Gasteiger partial charge in [-0.25, -0.2) is 0 Å². The first-order chi connectivity index (χ1) is 19.5. The fourth-order valence-electron chi connectivity index (χ4n) is 5.87. The van der Waals surface area contributed by atoms with Gasteiger partial charge in [-0.2, -0.15) is 0 Å². The molecule has 0 rings (SSSR count). The van der Waals surface area contributed by atoms with Gasteiger partial charge >= 0.3 is 11.9 Å². The van der Waals surface area contributed by atoms with Gasteiger partial charge in [0.25, 0.3) is 0 Å². The highest BCUT2D eigenvalue weighted by molar-refractivity contribution is 5.70. The minimum atomic E-state index is -1.18. The standard InChI is InChI=1S/C34H63NO6/c1-5-6-7-8-9-10-11-12-13-14-15-16-17-18-19-20-21-22-23-24-25-35(26-29(2)32(36)37,27-30(3)33(38)39)28-31(4)34(40)41/h13-14,29-31H,5-12,15-28H2,1-4H3,(H2-,36,37,38,39,40,41)/b14-13+. The van der Waals surface area contributed by atoms with E-state index in [1.807, 2.05) is 0 Å². The van der Waals surface area contributed by atoms with Gasteiger partial charge in [-0.1, -0.05) is 103 Å². The van der Waals surface area contributed by atoms with Crippen molar-refractivity contribution >= 4 is 17.9 Å². The molecule has 0 aromatic rings. The van der Waals surface area contributed by atoms with Gasteiger partial charge in [-0.15, -0.1) is 0 Å². The first-order valence-electron chi connectivity index (χ1n) is 16.7. The fraction of sp³-hybridized carbons (Fsp3) is 0.853. The van der Waals surface area contributed by atoms with Crippen LogP contribution in [0.1, 0.15) is 143 Å². The lowest BCUT2D eigenvalue weighted by atomic mass is 10.00. The molecule has 3 atom stereocenters. The Morgan fingerprint density at radius 2 is 0.927 bits per heavy atom. The number of nitrogens with zero attached hydrogens (tertiary/aromatic N) is 1. The molecule has 0 heterocycles. The van der Waals surface area contributed by atoms with E-state index in [2.05, 4.69) is 19.1 Å². The molecule has 0 saturated heterocycles. The molecule has 0 aromatic heterocycles. The van der Waals surface area contributed by atoms with Crippen LogP contribution in [0.4, 0.5) is 0 Å². The number of carbonyl (C=O) groups excluding carboxylic acids is 1. The van der Waals surface area contributed by atoms with E-state index in [-0.39, 0.29) is 24.1 Å². The third-order valence-corrected chi connectivity index (χ3v) is 8.37. The van der Waals surface area contributed by atoms with Gasteiger partial charge in [0.1, 0.15) is 11.8 Å². The first kappa shape index (κ1) is 39.1. The number of hydrogen-bond acceptors (Lipinski definition) is 4. The van der Waals surface area contributed by atoms with E-state index >= 15 is 0 Å². The second-order valence-electron chi connectivity index (χ2n) is 12.7. The molecule has 0 radical (unpaired) electrons. The topological polar surface area (TPSA) is 115 Å². The summed E-state index contributed by atoms with van der Waals surface area (Å²) >= 11 is 0. The third-order valence-electron chi connectivity index (χ3n) is 8.37. The van der Waals surface area contributed by atoms with Gasteiger partial charge in [-0.05, 0) is 52.4 Å². The van der Waals surface area contributed by atoms with Crippen LogP contribution in [0.3, 0.4) is 0 Å². The fourth-order valence-corrected chi connectivity index (χ4v) is 5.87. The largest absolute Gasteiger partial charge is 0.550 e. The summed E-state index contributed by atoms with van der Waals surface area (Å²) in [7, 11) is 0. The van der Waals surface area contributed by atoms with Crippen molar-refractivity contribution in [1.29, 1.82) is 0 Å². The predicted octanol–water partition coefficient (Wildman–Crippen LogP) is 7.23. The molecule has 41 heavy (non-hydrogen) atoms. The molecule has 0 fully saturated rings. The molecular formula is C34H63NO6. The maximum absolute atomic E-state index is 11.6. The maximum Gasteiger partial charge on any atom is 0.311 e. The summed E-state index contributed by atoms with van der Waals surface area (Å²) in [4.78, 5) is 34.7. The van der Waals surface area contributed by atoms with Crippen molar-refractivity contribution < 1.29 is 34.2 Å². The van der Waals surface area contributed by atoms with Crippen LogP contribution in [0, 0.1) is 17.8 Å². The van der Waals surface area contributed by atoms with Crippen LogP contribution in [0.15, 0.2) is 12.2 Å². The molecule has 7 heteroatoms. The number of allylic oxidation sites excluding steroid dienone is 2. The highest BCUT2D eigenvalue weighted by Gasteiger charge is 2.36. The molecule has 0 aromatic carbocycles. The van der Waals surface area contributed by atoms with Crippen LogP contribution in [-0.4, -0.2) is 58.8 Å². The summed E-state index contributed by atoms with van der Waals surface area (Å²) in [6, 6.07) is 0. The summed E-state index contributed by atoms with van der Waals surface area (Å²) in [5.74, 6) is -5.24. The number of hydrogen-bond donors (Lipinski definition) is 2. The normalized spacial score (nSPS) is 15.4. The zero-order valence-corrected chi connectivity index (χ0v) is 26.9. The molecule has 240 valence electrons. The van der Waals surface area contributed by atoms with Gasteiger partial charge in [0.15, 0.2) is 0 Å². The molecule has 0 aliphatic carbocycles. The van der Waals surface area contributed by atoms with Crippen LogP contribution in [-0.2, 0) is 14.4 Å². The summed E-state index contributed by atoms with van der Waals surface area (Å²) < 4.78 is 0.184. The molecule has 0 spiro atoms. The molecule has 0 bridgehead atoms. The van der Waals surface area contributed by atoms with Crippen LogP contribution in [0.25, 0.3) is 0 Å². The maximum atomic E-state index is 11.6.